The number of pyridine rings is 1. The Balaban J connectivity index is 1.29. The quantitative estimate of drug-likeness (QED) is 0.0170. The van der Waals surface area contributed by atoms with Gasteiger partial charge in [-0.25, -0.2) is 35.3 Å². The first-order chi connectivity index (χ1) is 41.3. The highest BCUT2D eigenvalue weighted by atomic mass is 35.5. The average molecular weight is 1350 g/mol. The van der Waals surface area contributed by atoms with Crippen LogP contribution in [0, 0.1) is 36.3 Å². The van der Waals surface area contributed by atoms with Crippen molar-refractivity contribution in [2.75, 3.05) is 12.8 Å². The summed E-state index contributed by atoms with van der Waals surface area (Å²) in [4.78, 5) is 77.4. The van der Waals surface area contributed by atoms with Crippen LogP contribution in [0.5, 0.6) is 5.75 Å². The molecule has 0 bridgehead atoms. The zero-order chi connectivity index (χ0) is 66.9. The predicted molar refractivity (Wildman–Crippen MR) is 300 cm³/mol. The van der Waals surface area contributed by atoms with Gasteiger partial charge in [0.05, 0.1) is 40.9 Å². The van der Waals surface area contributed by atoms with E-state index in [9.17, 15) is 85.8 Å². The fraction of sp³-hybridized carbons (Fsp3) is 0.400. The van der Waals surface area contributed by atoms with E-state index in [1.807, 2.05) is 0 Å². The highest BCUT2D eigenvalue weighted by molar-refractivity contribution is 7.92. The topological polar surface area (TPSA) is 303 Å². The number of benzene rings is 3. The number of halogens is 11. The number of carbonyl (C=O) groups is 4. The number of aryl methyl sites for hydroxylation is 1. The summed E-state index contributed by atoms with van der Waals surface area (Å²) in [5.41, 5.74) is -8.53. The third kappa shape index (κ3) is 15.1. The number of sulfone groups is 1. The number of phosphoric acid groups is 1. The number of carboxylic acid groups (broad SMARTS) is 1. The summed E-state index contributed by atoms with van der Waals surface area (Å²) < 4.78 is 215. The second-order valence-corrected chi connectivity index (χ2v) is 27.6. The van der Waals surface area contributed by atoms with Crippen LogP contribution in [-0.4, -0.2) is 108 Å². The zero-order valence-electron chi connectivity index (χ0n) is 47.7. The van der Waals surface area contributed by atoms with E-state index in [0.717, 1.165) is 48.7 Å². The number of nitrogens with zero attached hydrogens (tertiary/aromatic N) is 6. The largest absolute Gasteiger partial charge is 0.524 e. The van der Waals surface area contributed by atoms with Crippen LogP contribution in [-0.2, 0) is 94.8 Å². The van der Waals surface area contributed by atoms with E-state index in [-0.39, 0.29) is 54.5 Å². The van der Waals surface area contributed by atoms with Gasteiger partial charge in [-0.05, 0) is 98.5 Å². The van der Waals surface area contributed by atoms with Gasteiger partial charge in [0.1, 0.15) is 53.2 Å². The smallest absolute Gasteiger partial charge is 0.480 e. The van der Waals surface area contributed by atoms with Crippen LogP contribution in [0.25, 0.3) is 22.0 Å². The first-order valence-corrected chi connectivity index (χ1v) is 31.3. The van der Waals surface area contributed by atoms with Crippen LogP contribution in [0.4, 0.5) is 43.9 Å². The Bertz CT molecular complexity index is 4180. The number of fused-ring (bicyclic) bond motifs is 4. The van der Waals surface area contributed by atoms with E-state index in [0.29, 0.717) is 10.7 Å². The van der Waals surface area contributed by atoms with Gasteiger partial charge in [0, 0.05) is 57.7 Å². The lowest BCUT2D eigenvalue weighted by Gasteiger charge is -2.31. The number of hydrogen-bond acceptors (Lipinski definition) is 12. The SMILES string of the molecule is Cc1cc(CC(=O)NCC(=O)O)c(C(C)(C)CC(=O)N(Cc2nn(CC(F)(F)F)c3c(-c4ccc(C#CC(C)(C)S(C)(=O)=O)nc4[C@H](Cc4cc(F)cc(F)c4)NC(=O)Cn4nc(C(F)(F)F)c5c4C(F)(F)[C@@H]4C[C@H]54)ccc(Cl)c23)S(=O)O)c(OP(=O)(O)O)c1. The lowest BCUT2D eigenvalue weighted by molar-refractivity contribution is -0.143. The zero-order valence-corrected chi connectivity index (χ0v) is 50.9. The Morgan fingerprint density at radius 2 is 1.60 bits per heavy atom. The second kappa shape index (κ2) is 24.6. The van der Waals surface area contributed by atoms with Gasteiger partial charge < -0.3 is 20.3 Å². The van der Waals surface area contributed by atoms with Crippen molar-refractivity contribution < 1.29 is 104 Å². The Morgan fingerprint density at radius 3 is 2.19 bits per heavy atom. The lowest BCUT2D eigenvalue weighted by Crippen LogP contribution is -2.37. The van der Waals surface area contributed by atoms with E-state index < -0.39 is 206 Å². The highest BCUT2D eigenvalue weighted by Gasteiger charge is 2.68. The summed E-state index contributed by atoms with van der Waals surface area (Å²) in [6.45, 7) is 1.09. The summed E-state index contributed by atoms with van der Waals surface area (Å²) >= 11 is 3.37. The molecule has 1 saturated carbocycles. The van der Waals surface area contributed by atoms with Crippen molar-refractivity contribution in [3.63, 3.8) is 0 Å². The van der Waals surface area contributed by atoms with Gasteiger partial charge >= 0.3 is 26.1 Å². The minimum absolute atomic E-state index is 0.0648. The molecule has 3 heterocycles. The van der Waals surface area contributed by atoms with Gasteiger partial charge in [-0.15, -0.1) is 0 Å². The highest BCUT2D eigenvalue weighted by Crippen LogP contribution is 2.68. The molecule has 1 fully saturated rings. The molecule has 21 nitrogen and oxygen atoms in total. The van der Waals surface area contributed by atoms with Gasteiger partial charge in [0.15, 0.2) is 15.5 Å². The third-order valence-corrected chi connectivity index (χ3v) is 18.2. The van der Waals surface area contributed by atoms with Crippen LogP contribution in [0.2, 0.25) is 5.02 Å². The number of aromatic nitrogens is 5. The van der Waals surface area contributed by atoms with E-state index in [1.165, 1.54) is 40.7 Å². The van der Waals surface area contributed by atoms with E-state index in [4.69, 9.17) is 21.2 Å². The van der Waals surface area contributed by atoms with Crippen LogP contribution in [0.15, 0.2) is 54.6 Å². The molecule has 6 N–H and O–H groups in total. The summed E-state index contributed by atoms with van der Waals surface area (Å²) in [7, 11) is -9.41. The Labute approximate surface area is 512 Å². The van der Waals surface area contributed by atoms with Crippen molar-refractivity contribution in [1.82, 2.24) is 39.5 Å². The first-order valence-electron chi connectivity index (χ1n) is 26.4. The Hall–Kier alpha value is -7.47. The second-order valence-electron chi connectivity index (χ2n) is 22.6. The van der Waals surface area contributed by atoms with Gasteiger partial charge in [0.25, 0.3) is 17.2 Å². The van der Waals surface area contributed by atoms with Gasteiger partial charge in [0.2, 0.25) is 17.7 Å². The van der Waals surface area contributed by atoms with Crippen LogP contribution in [0.3, 0.4) is 0 Å². The van der Waals surface area contributed by atoms with Crippen molar-refractivity contribution in [1.29, 1.82) is 0 Å². The molecule has 3 aromatic carbocycles. The monoisotopic (exact) mass is 1350 g/mol. The third-order valence-electron chi connectivity index (χ3n) is 14.8. The van der Waals surface area contributed by atoms with Gasteiger partial charge in [-0.2, -0.15) is 45.3 Å². The van der Waals surface area contributed by atoms with Crippen LogP contribution >= 0.6 is 19.4 Å². The molecule has 35 heteroatoms. The molecule has 1 unspecified atom stereocenters. The molecule has 3 aromatic heterocycles. The minimum atomic E-state index is -5.44. The molecule has 0 radical (unpaired) electrons. The van der Waals surface area contributed by atoms with Crippen molar-refractivity contribution in [3.8, 4) is 28.7 Å². The predicted octanol–water partition coefficient (Wildman–Crippen LogP) is 8.65. The Morgan fingerprint density at radius 1 is 0.956 bits per heavy atom. The number of aliphatic carboxylic acids is 1. The summed E-state index contributed by atoms with van der Waals surface area (Å²) in [5.74, 6) is -9.54. The standard InChI is InChI=1S/C55H52ClF10N8O13PS2/c1-26-13-28(18-40(75)67-22-43(78)79)46(39(14-26)87-88(80,81)82)51(2,3)21-42(77)74(89(83)84)23-38-45-36(56)10-9-33(48(45)73(70-38)25-53(59,60)61)32-8-7-31(11-12-52(4,5)90(6,85)86)68-47(32)37(17-27-15-29(57)19-30(58)16-27)69-41(76)24-72-50-44(49(71-72)55(64,65)66)34-20-35(34)54(50,62)63/h7-10,13-16,19,34-35,37H,17-18,20-25H2,1-6H3,(H,67,75)(H,69,76)(H,78,79)(H,83,84)(H2,80,81,82)/t34-,35+,37-/m0/s1. The molecule has 484 valence electrons. The minimum Gasteiger partial charge on any atom is -0.480 e. The molecular weight excluding hydrogens is 1300 g/mol. The van der Waals surface area contributed by atoms with Crippen molar-refractivity contribution in [2.45, 2.75) is 120 Å². The number of nitrogens with one attached hydrogen (secondary N) is 2. The van der Waals surface area contributed by atoms with Crippen LogP contribution in [0.1, 0.15) is 109 Å². The molecule has 8 rings (SSSR count). The maximum atomic E-state index is 15.7. The van der Waals surface area contributed by atoms with E-state index in [1.54, 1.807) is 0 Å². The fourth-order valence-corrected chi connectivity index (χ4v) is 12.1. The molecule has 0 aliphatic heterocycles. The average Bonchev–Trinajstić information content (AvgIpc) is 1.52. The van der Waals surface area contributed by atoms with Crippen LogP contribution < -0.4 is 15.2 Å². The van der Waals surface area contributed by atoms with Crippen molar-refractivity contribution in [3.05, 3.63) is 128 Å². The van der Waals surface area contributed by atoms with E-state index >= 15 is 8.78 Å². The summed E-state index contributed by atoms with van der Waals surface area (Å²) in [5, 5.41) is 20.3. The number of carbonyl (C=O) groups excluding carboxylic acids is 3. The number of hydrogen-bond donors (Lipinski definition) is 6. The molecule has 0 saturated heterocycles. The molecule has 6 aromatic rings. The molecule has 3 amide bonds. The van der Waals surface area contributed by atoms with E-state index in [2.05, 4.69) is 37.7 Å². The molecular formula is C55H52ClF10N8O13PS2. The first kappa shape index (κ1) is 68.4. The van der Waals surface area contributed by atoms with Crippen molar-refractivity contribution in [2.24, 2.45) is 5.92 Å². The number of amides is 3. The number of phosphoric ester groups is 1. The number of rotatable bonds is 21. The molecule has 2 aliphatic carbocycles. The number of alkyl halides is 8. The fourth-order valence-electron chi connectivity index (χ4n) is 10.7. The molecule has 2 aliphatic rings. The molecule has 0 spiro atoms. The van der Waals surface area contributed by atoms with Crippen molar-refractivity contribution >= 4 is 75.1 Å². The summed E-state index contributed by atoms with van der Waals surface area (Å²) in [6.07, 6.45) is -12.2. The van der Waals surface area contributed by atoms with Gasteiger partial charge in [-0.3, -0.25) is 42.9 Å². The number of carboxylic acids is 1. The normalized spacial score (nSPS) is 16.4. The molecule has 4 atom stereocenters. The lowest BCUT2D eigenvalue weighted by atomic mass is 9.77. The Kier molecular flexibility index (Phi) is 18.7. The maximum absolute atomic E-state index is 15.7. The summed E-state index contributed by atoms with van der Waals surface area (Å²) in [6, 6.07) is 7.13. The van der Waals surface area contributed by atoms with Gasteiger partial charge in [-0.1, -0.05) is 43.5 Å². The molecule has 90 heavy (non-hydrogen) atoms. The maximum Gasteiger partial charge on any atom is 0.524 e.